The number of nitrogens with two attached hydrogens (primary N) is 1. The number of halogens is 2. The third-order valence-corrected chi connectivity index (χ3v) is 5.90. The van der Waals surface area contributed by atoms with Crippen LogP contribution in [0.2, 0.25) is 0 Å². The SMILES string of the molecule is NC1CCN(C(=O)C2CCC2)C1Cc1cc(F)cc(-c2cccc(F)c2)c1. The van der Waals surface area contributed by atoms with Crippen molar-refractivity contribution >= 4 is 5.91 Å². The van der Waals surface area contributed by atoms with E-state index in [2.05, 4.69) is 0 Å². The van der Waals surface area contributed by atoms with Gasteiger partial charge >= 0.3 is 0 Å². The van der Waals surface area contributed by atoms with Crippen LogP contribution in [0.3, 0.4) is 0 Å². The van der Waals surface area contributed by atoms with Gasteiger partial charge in [0.15, 0.2) is 0 Å². The molecule has 2 N–H and O–H groups in total. The fourth-order valence-corrected chi connectivity index (χ4v) is 4.15. The summed E-state index contributed by atoms with van der Waals surface area (Å²) in [5.74, 6) is -0.391. The zero-order valence-electron chi connectivity index (χ0n) is 15.2. The van der Waals surface area contributed by atoms with Crippen LogP contribution in [0, 0.1) is 17.6 Å². The lowest BCUT2D eigenvalue weighted by Gasteiger charge is -2.34. The molecular formula is C22H24F2N2O. The summed E-state index contributed by atoms with van der Waals surface area (Å²) in [5.41, 5.74) is 8.33. The molecule has 0 spiro atoms. The Balaban J connectivity index is 1.58. The van der Waals surface area contributed by atoms with Crippen LogP contribution in [-0.4, -0.2) is 29.4 Å². The molecule has 2 aromatic rings. The summed E-state index contributed by atoms with van der Waals surface area (Å²) in [6.45, 7) is 0.674. The van der Waals surface area contributed by atoms with Crippen molar-refractivity contribution in [3.8, 4) is 11.1 Å². The number of hydrogen-bond donors (Lipinski definition) is 1. The molecule has 2 fully saturated rings. The molecule has 142 valence electrons. The van der Waals surface area contributed by atoms with E-state index in [0.717, 1.165) is 31.2 Å². The normalized spacial score (nSPS) is 22.7. The largest absolute Gasteiger partial charge is 0.338 e. The summed E-state index contributed by atoms with van der Waals surface area (Å²) in [7, 11) is 0. The third kappa shape index (κ3) is 3.74. The lowest BCUT2D eigenvalue weighted by Crippen LogP contribution is -2.47. The Bertz CT molecular complexity index is 850. The zero-order chi connectivity index (χ0) is 19.0. The Hall–Kier alpha value is -2.27. The second kappa shape index (κ2) is 7.39. The number of hydrogen-bond acceptors (Lipinski definition) is 2. The van der Waals surface area contributed by atoms with Crippen LogP contribution < -0.4 is 5.73 Å². The third-order valence-electron chi connectivity index (χ3n) is 5.90. The second-order valence-electron chi connectivity index (χ2n) is 7.74. The number of carbonyl (C=O) groups excluding carboxylic acids is 1. The Morgan fingerprint density at radius 3 is 2.52 bits per heavy atom. The van der Waals surface area contributed by atoms with Crippen LogP contribution >= 0.6 is 0 Å². The smallest absolute Gasteiger partial charge is 0.225 e. The van der Waals surface area contributed by atoms with Gasteiger partial charge in [-0.25, -0.2) is 8.78 Å². The molecule has 3 nitrogen and oxygen atoms in total. The van der Waals surface area contributed by atoms with Gasteiger partial charge in [-0.1, -0.05) is 24.6 Å². The van der Waals surface area contributed by atoms with E-state index in [4.69, 9.17) is 5.73 Å². The number of carbonyl (C=O) groups is 1. The highest BCUT2D eigenvalue weighted by Crippen LogP contribution is 2.32. The van der Waals surface area contributed by atoms with Gasteiger partial charge in [0.1, 0.15) is 11.6 Å². The Kier molecular flexibility index (Phi) is 4.96. The fourth-order valence-electron chi connectivity index (χ4n) is 4.15. The molecule has 0 aromatic heterocycles. The van der Waals surface area contributed by atoms with Crippen LogP contribution in [0.4, 0.5) is 8.78 Å². The predicted octanol–water partition coefficient (Wildman–Crippen LogP) is 3.90. The molecule has 2 unspecified atom stereocenters. The molecule has 2 atom stereocenters. The molecule has 1 amide bonds. The van der Waals surface area contributed by atoms with Crippen molar-refractivity contribution in [1.82, 2.24) is 4.90 Å². The first-order valence-corrected chi connectivity index (χ1v) is 9.63. The van der Waals surface area contributed by atoms with Gasteiger partial charge in [0.05, 0.1) is 6.04 Å². The standard InChI is InChI=1S/C22H24F2N2O/c23-18-6-2-5-16(12-18)17-9-14(10-19(24)13-17)11-21-20(25)7-8-26(21)22(27)15-3-1-4-15/h2,5-6,9-10,12-13,15,20-21H,1,3-4,7-8,11,25H2. The van der Waals surface area contributed by atoms with Gasteiger partial charge < -0.3 is 10.6 Å². The van der Waals surface area contributed by atoms with Gasteiger partial charge in [0, 0.05) is 18.5 Å². The monoisotopic (exact) mass is 370 g/mol. The molecule has 4 rings (SSSR count). The van der Waals surface area contributed by atoms with Crippen molar-refractivity contribution in [2.24, 2.45) is 11.7 Å². The molecule has 5 heteroatoms. The number of benzene rings is 2. The quantitative estimate of drug-likeness (QED) is 0.887. The average molecular weight is 370 g/mol. The van der Waals surface area contributed by atoms with Crippen molar-refractivity contribution in [1.29, 1.82) is 0 Å². The van der Waals surface area contributed by atoms with E-state index in [1.54, 1.807) is 12.1 Å². The van der Waals surface area contributed by atoms with Crippen molar-refractivity contribution in [2.45, 2.75) is 44.2 Å². The number of nitrogens with zero attached hydrogens (tertiary/aromatic N) is 1. The van der Waals surface area contributed by atoms with Crippen LogP contribution in [0.15, 0.2) is 42.5 Å². The van der Waals surface area contributed by atoms with Crippen molar-refractivity contribution in [3.63, 3.8) is 0 Å². The number of amides is 1. The first-order valence-electron chi connectivity index (χ1n) is 9.63. The summed E-state index contributed by atoms with van der Waals surface area (Å²) < 4.78 is 27.8. The molecule has 1 heterocycles. The Morgan fingerprint density at radius 2 is 1.81 bits per heavy atom. The highest BCUT2D eigenvalue weighted by atomic mass is 19.1. The number of likely N-dealkylation sites (tertiary alicyclic amines) is 1. The molecule has 0 bridgehead atoms. The molecule has 27 heavy (non-hydrogen) atoms. The van der Waals surface area contributed by atoms with Crippen molar-refractivity contribution in [3.05, 3.63) is 59.7 Å². The minimum atomic E-state index is -0.366. The van der Waals surface area contributed by atoms with Crippen molar-refractivity contribution < 1.29 is 13.6 Å². The van der Waals surface area contributed by atoms with E-state index in [9.17, 15) is 13.6 Å². The topological polar surface area (TPSA) is 46.3 Å². The summed E-state index contributed by atoms with van der Waals surface area (Å²) in [5, 5.41) is 0. The van der Waals surface area contributed by atoms with Gasteiger partial charge in [-0.15, -0.1) is 0 Å². The van der Waals surface area contributed by atoms with E-state index in [1.807, 2.05) is 11.0 Å². The molecule has 1 aliphatic carbocycles. The maximum Gasteiger partial charge on any atom is 0.225 e. The Morgan fingerprint density at radius 1 is 1.04 bits per heavy atom. The summed E-state index contributed by atoms with van der Waals surface area (Å²) >= 11 is 0. The molecule has 0 radical (unpaired) electrons. The first-order chi connectivity index (χ1) is 13.0. The lowest BCUT2D eigenvalue weighted by atomic mass is 9.84. The van der Waals surface area contributed by atoms with Crippen molar-refractivity contribution in [2.75, 3.05) is 6.54 Å². The molecular weight excluding hydrogens is 346 g/mol. The van der Waals surface area contributed by atoms with E-state index >= 15 is 0 Å². The zero-order valence-corrected chi connectivity index (χ0v) is 15.2. The molecule has 1 saturated heterocycles. The van der Waals surface area contributed by atoms with Crippen LogP contribution in [0.5, 0.6) is 0 Å². The molecule has 1 aliphatic heterocycles. The highest BCUT2D eigenvalue weighted by molar-refractivity contribution is 5.80. The second-order valence-corrected chi connectivity index (χ2v) is 7.74. The first kappa shape index (κ1) is 18.1. The van der Waals surface area contributed by atoms with Gasteiger partial charge in [-0.2, -0.15) is 0 Å². The van der Waals surface area contributed by atoms with Gasteiger partial charge in [-0.05, 0) is 66.6 Å². The maximum atomic E-state index is 14.2. The van der Waals surface area contributed by atoms with E-state index in [-0.39, 0.29) is 35.5 Å². The fraction of sp³-hybridized carbons (Fsp3) is 0.409. The minimum absolute atomic E-state index is 0.102. The predicted molar refractivity (Wildman–Crippen MR) is 101 cm³/mol. The molecule has 2 aliphatic rings. The average Bonchev–Trinajstić information content (AvgIpc) is 2.93. The van der Waals surface area contributed by atoms with Crippen LogP contribution in [0.1, 0.15) is 31.2 Å². The lowest BCUT2D eigenvalue weighted by molar-refractivity contribution is -0.139. The van der Waals surface area contributed by atoms with E-state index < -0.39 is 0 Å². The molecule has 1 saturated carbocycles. The summed E-state index contributed by atoms with van der Waals surface area (Å²) in [6, 6.07) is 10.7. The Labute approximate surface area is 158 Å². The van der Waals surface area contributed by atoms with Gasteiger partial charge in [-0.3, -0.25) is 4.79 Å². The van der Waals surface area contributed by atoms with Gasteiger partial charge in [0.2, 0.25) is 5.91 Å². The van der Waals surface area contributed by atoms with Gasteiger partial charge in [0.25, 0.3) is 0 Å². The van der Waals surface area contributed by atoms with Crippen LogP contribution in [-0.2, 0) is 11.2 Å². The number of rotatable bonds is 4. The van der Waals surface area contributed by atoms with E-state index in [0.29, 0.717) is 24.1 Å². The van der Waals surface area contributed by atoms with Crippen LogP contribution in [0.25, 0.3) is 11.1 Å². The minimum Gasteiger partial charge on any atom is -0.338 e. The molecule has 2 aromatic carbocycles. The maximum absolute atomic E-state index is 14.2. The van der Waals surface area contributed by atoms with E-state index in [1.165, 1.54) is 24.3 Å². The summed E-state index contributed by atoms with van der Waals surface area (Å²) in [4.78, 5) is 14.6. The highest BCUT2D eigenvalue weighted by Gasteiger charge is 2.39. The summed E-state index contributed by atoms with van der Waals surface area (Å²) in [6.07, 6.45) is 4.32.